The molecule has 3 aromatic carbocycles. The van der Waals surface area contributed by atoms with Gasteiger partial charge in [-0.3, -0.25) is 25.0 Å². The van der Waals surface area contributed by atoms with Gasteiger partial charge in [-0.1, -0.05) is 34.8 Å². The zero-order chi connectivity index (χ0) is 29.3. The predicted molar refractivity (Wildman–Crippen MR) is 156 cm³/mol. The van der Waals surface area contributed by atoms with Crippen LogP contribution in [0.15, 0.2) is 35.3 Å². The molecule has 0 aliphatic rings. The molecule has 0 bridgehead atoms. The Balaban J connectivity index is 2.37. The van der Waals surface area contributed by atoms with Gasteiger partial charge in [-0.05, 0) is 63.6 Å². The molecule has 0 spiro atoms. The number of benzene rings is 3. The first-order chi connectivity index (χ1) is 18.1. The predicted octanol–water partition coefficient (Wildman–Crippen LogP) is 7.52. The van der Waals surface area contributed by atoms with E-state index in [9.17, 15) is 25.0 Å². The number of nitro benzene ring substituents is 2. The molecule has 0 aliphatic carbocycles. The minimum atomic E-state index is -0.815. The summed E-state index contributed by atoms with van der Waals surface area (Å²) in [4.78, 5) is 42.8. The number of amides is 1. The van der Waals surface area contributed by atoms with Gasteiger partial charge in [-0.15, -0.1) is 0 Å². The van der Waals surface area contributed by atoms with Crippen LogP contribution in [-0.4, -0.2) is 35.6 Å². The lowest BCUT2D eigenvalue weighted by Gasteiger charge is -2.17. The van der Waals surface area contributed by atoms with Crippen LogP contribution in [0.4, 0.5) is 28.4 Å². The van der Waals surface area contributed by atoms with Crippen molar-refractivity contribution in [2.75, 3.05) is 24.3 Å². The summed E-state index contributed by atoms with van der Waals surface area (Å²) >= 11 is 18.4. The maximum absolute atomic E-state index is 13.8. The molecule has 0 saturated heterocycles. The Morgan fingerprint density at radius 1 is 0.846 bits per heavy atom. The Kier molecular flexibility index (Phi) is 8.84. The van der Waals surface area contributed by atoms with Gasteiger partial charge in [-0.2, -0.15) is 0 Å². The van der Waals surface area contributed by atoms with E-state index in [4.69, 9.17) is 34.8 Å². The Labute approximate surface area is 239 Å². The first kappa shape index (κ1) is 29.8. The quantitative estimate of drug-likeness (QED) is 0.131. The number of anilines is 2. The molecule has 204 valence electrons. The molecule has 10 nitrogen and oxygen atoms in total. The van der Waals surface area contributed by atoms with E-state index >= 15 is 0 Å². The third-order valence-electron chi connectivity index (χ3n) is 6.18. The number of carbonyl (C=O) groups excluding carboxylic acids is 1. The normalized spacial score (nSPS) is 11.4. The average molecular weight is 593 g/mol. The second-order valence-corrected chi connectivity index (χ2v) is 10.2. The minimum Gasteiger partial charge on any atom is -0.378 e. The SMILES string of the molecule is Cc1cc(N(C)C)ccc1N=C(C(=O)Nc1cc(Cl)c(Cl)cc1Cl)c1c(C)c([N+](=O)[O-])c(C)c([N+](=O)[O-])c1C. The highest BCUT2D eigenvalue weighted by Crippen LogP contribution is 2.39. The zero-order valence-corrected chi connectivity index (χ0v) is 24.1. The number of halogens is 3. The van der Waals surface area contributed by atoms with E-state index in [1.165, 1.54) is 32.9 Å². The molecule has 0 aliphatic heterocycles. The molecule has 13 heteroatoms. The van der Waals surface area contributed by atoms with E-state index < -0.39 is 27.1 Å². The van der Waals surface area contributed by atoms with Gasteiger partial charge in [0.2, 0.25) is 0 Å². The summed E-state index contributed by atoms with van der Waals surface area (Å²) in [5.41, 5.74) is 0.787. The highest BCUT2D eigenvalue weighted by Gasteiger charge is 2.34. The van der Waals surface area contributed by atoms with Gasteiger partial charge < -0.3 is 10.2 Å². The summed E-state index contributed by atoms with van der Waals surface area (Å²) in [7, 11) is 3.74. The number of carbonyl (C=O) groups is 1. The fraction of sp³-hybridized carbons (Fsp3) is 0.231. The molecule has 0 fully saturated rings. The van der Waals surface area contributed by atoms with Gasteiger partial charge in [0.1, 0.15) is 11.3 Å². The zero-order valence-electron chi connectivity index (χ0n) is 21.9. The number of nitro groups is 2. The number of nitrogens with one attached hydrogen (secondary N) is 1. The lowest BCUT2D eigenvalue weighted by Crippen LogP contribution is -2.26. The molecular weight excluding hydrogens is 569 g/mol. The van der Waals surface area contributed by atoms with Crippen molar-refractivity contribution in [3.63, 3.8) is 0 Å². The Morgan fingerprint density at radius 2 is 1.38 bits per heavy atom. The molecule has 0 aromatic heterocycles. The van der Waals surface area contributed by atoms with Crippen molar-refractivity contribution < 1.29 is 14.6 Å². The molecule has 3 rings (SSSR count). The highest BCUT2D eigenvalue weighted by atomic mass is 35.5. The molecule has 1 N–H and O–H groups in total. The van der Waals surface area contributed by atoms with Crippen LogP contribution in [0.25, 0.3) is 0 Å². The van der Waals surface area contributed by atoms with Crippen molar-refractivity contribution in [3.8, 4) is 0 Å². The standard InChI is InChI=1S/C26H24Cl3N5O5/c1-12-9-16(32(5)6)7-8-20(12)30-23(26(35)31-21-11-18(28)17(27)10-19(21)29)22-13(2)24(33(36)37)15(4)25(14(22)3)34(38)39/h7-11H,1-6H3,(H,31,35). The van der Waals surface area contributed by atoms with Gasteiger partial charge in [0.15, 0.2) is 0 Å². The second-order valence-electron chi connectivity index (χ2n) is 8.99. The first-order valence-electron chi connectivity index (χ1n) is 11.4. The third-order valence-corrected chi connectivity index (χ3v) is 7.21. The van der Waals surface area contributed by atoms with Crippen LogP contribution in [-0.2, 0) is 4.79 Å². The number of aryl methyl sites for hydroxylation is 1. The monoisotopic (exact) mass is 591 g/mol. The van der Waals surface area contributed by atoms with Crippen molar-refractivity contribution in [1.29, 1.82) is 0 Å². The largest absolute Gasteiger partial charge is 0.378 e. The molecule has 0 radical (unpaired) electrons. The van der Waals surface area contributed by atoms with E-state index in [1.54, 1.807) is 19.1 Å². The van der Waals surface area contributed by atoms with Crippen LogP contribution in [0, 0.1) is 47.9 Å². The second kappa shape index (κ2) is 11.6. The van der Waals surface area contributed by atoms with E-state index in [1.807, 2.05) is 25.1 Å². The number of nitrogens with zero attached hydrogens (tertiary/aromatic N) is 4. The fourth-order valence-corrected chi connectivity index (χ4v) is 4.87. The van der Waals surface area contributed by atoms with Gasteiger partial charge >= 0.3 is 0 Å². The van der Waals surface area contributed by atoms with E-state index in [0.717, 1.165) is 5.69 Å². The van der Waals surface area contributed by atoms with Crippen LogP contribution in [0.2, 0.25) is 15.1 Å². The molecule has 0 heterocycles. The lowest BCUT2D eigenvalue weighted by atomic mass is 9.91. The van der Waals surface area contributed by atoms with Crippen LogP contribution >= 0.6 is 34.8 Å². The van der Waals surface area contributed by atoms with Crippen LogP contribution < -0.4 is 10.2 Å². The Bertz CT molecular complexity index is 1530. The highest BCUT2D eigenvalue weighted by molar-refractivity contribution is 6.51. The Hall–Kier alpha value is -3.73. The smallest absolute Gasteiger partial charge is 0.282 e. The molecule has 3 aromatic rings. The lowest BCUT2D eigenvalue weighted by molar-refractivity contribution is -0.395. The summed E-state index contributed by atoms with van der Waals surface area (Å²) in [6, 6.07) is 8.02. The number of hydrogen-bond donors (Lipinski definition) is 1. The number of aliphatic imine (C=N–C) groups is 1. The van der Waals surface area contributed by atoms with E-state index in [2.05, 4.69) is 10.3 Å². The van der Waals surface area contributed by atoms with Crippen LogP contribution in [0.5, 0.6) is 0 Å². The molecular formula is C26H24Cl3N5O5. The Morgan fingerprint density at radius 3 is 1.87 bits per heavy atom. The van der Waals surface area contributed by atoms with Crippen LogP contribution in [0.1, 0.15) is 27.8 Å². The summed E-state index contributed by atoms with van der Waals surface area (Å²) in [6.45, 7) is 5.94. The van der Waals surface area contributed by atoms with E-state index in [-0.39, 0.29) is 48.7 Å². The summed E-state index contributed by atoms with van der Waals surface area (Å²) in [5, 5.41) is 27.0. The van der Waals surface area contributed by atoms with Crippen molar-refractivity contribution >= 4 is 74.9 Å². The summed E-state index contributed by atoms with van der Waals surface area (Å²) in [5.74, 6) is -0.815. The maximum atomic E-state index is 13.8. The number of rotatable bonds is 7. The summed E-state index contributed by atoms with van der Waals surface area (Å²) < 4.78 is 0. The van der Waals surface area contributed by atoms with Crippen molar-refractivity contribution in [3.05, 3.63) is 93.4 Å². The molecule has 0 atom stereocenters. The molecule has 0 saturated carbocycles. The van der Waals surface area contributed by atoms with Gasteiger partial charge in [-0.25, -0.2) is 4.99 Å². The fourth-order valence-electron chi connectivity index (χ4n) is 4.28. The maximum Gasteiger partial charge on any atom is 0.282 e. The third kappa shape index (κ3) is 5.98. The van der Waals surface area contributed by atoms with Gasteiger partial charge in [0.05, 0.1) is 36.3 Å². The molecule has 1 amide bonds. The molecule has 0 unspecified atom stereocenters. The minimum absolute atomic E-state index is 0.0382. The van der Waals surface area contributed by atoms with Gasteiger partial charge in [0, 0.05) is 36.5 Å². The van der Waals surface area contributed by atoms with Crippen LogP contribution in [0.3, 0.4) is 0 Å². The molecule has 39 heavy (non-hydrogen) atoms. The van der Waals surface area contributed by atoms with Crippen molar-refractivity contribution in [2.45, 2.75) is 27.7 Å². The van der Waals surface area contributed by atoms with E-state index in [0.29, 0.717) is 11.3 Å². The number of hydrogen-bond acceptors (Lipinski definition) is 7. The first-order valence-corrected chi connectivity index (χ1v) is 12.5. The van der Waals surface area contributed by atoms with Gasteiger partial charge in [0.25, 0.3) is 17.3 Å². The van der Waals surface area contributed by atoms with Crippen molar-refractivity contribution in [1.82, 2.24) is 0 Å². The van der Waals surface area contributed by atoms with Crippen molar-refractivity contribution in [2.24, 2.45) is 4.99 Å². The topological polar surface area (TPSA) is 131 Å². The summed E-state index contributed by atoms with van der Waals surface area (Å²) in [6.07, 6.45) is 0. The average Bonchev–Trinajstić information content (AvgIpc) is 2.82.